The molecular weight excluding hydrogens is 417 g/mol. The van der Waals surface area contributed by atoms with Gasteiger partial charge in [0.15, 0.2) is 0 Å². The predicted octanol–water partition coefficient (Wildman–Crippen LogP) is 4.41. The molecule has 0 fully saturated rings. The van der Waals surface area contributed by atoms with Gasteiger partial charge in [0.2, 0.25) is 0 Å². The average Bonchev–Trinajstić information content (AvgIpc) is 2.34. The molecule has 1 atom stereocenters. The molecule has 0 spiro atoms. The smallest absolute Gasteiger partial charge is 0.146 e. The molecular formula is C13H8BrF2IO. The second kappa shape index (κ2) is 5.63. The van der Waals surface area contributed by atoms with Crippen molar-refractivity contribution in [3.05, 3.63) is 67.2 Å². The Balaban J connectivity index is 2.52. The highest BCUT2D eigenvalue weighted by molar-refractivity contribution is 14.1. The fourth-order valence-electron chi connectivity index (χ4n) is 1.64. The van der Waals surface area contributed by atoms with Gasteiger partial charge in [-0.1, -0.05) is 12.1 Å². The van der Waals surface area contributed by atoms with Gasteiger partial charge in [0.1, 0.15) is 17.7 Å². The fourth-order valence-corrected chi connectivity index (χ4v) is 2.55. The van der Waals surface area contributed by atoms with Crippen LogP contribution in [0, 0.1) is 15.2 Å². The first-order valence-electron chi connectivity index (χ1n) is 5.07. The lowest BCUT2D eigenvalue weighted by Gasteiger charge is -2.14. The molecule has 0 aliphatic carbocycles. The zero-order chi connectivity index (χ0) is 13.3. The summed E-state index contributed by atoms with van der Waals surface area (Å²) >= 11 is 5.06. The number of aliphatic hydroxyl groups is 1. The molecule has 2 rings (SSSR count). The van der Waals surface area contributed by atoms with Gasteiger partial charge in [0.25, 0.3) is 0 Å². The molecule has 0 aliphatic rings. The van der Waals surface area contributed by atoms with E-state index in [0.717, 1.165) is 9.64 Å². The molecule has 1 N–H and O–H groups in total. The van der Waals surface area contributed by atoms with Gasteiger partial charge < -0.3 is 5.11 Å². The third kappa shape index (κ3) is 2.73. The lowest BCUT2D eigenvalue weighted by atomic mass is 10.0. The molecule has 2 aromatic carbocycles. The van der Waals surface area contributed by atoms with Gasteiger partial charge in [-0.25, -0.2) is 8.78 Å². The van der Waals surface area contributed by atoms with E-state index in [-0.39, 0.29) is 10.0 Å². The lowest BCUT2D eigenvalue weighted by Crippen LogP contribution is -2.06. The zero-order valence-electron chi connectivity index (χ0n) is 9.00. The van der Waals surface area contributed by atoms with Crippen molar-refractivity contribution >= 4 is 38.5 Å². The number of hydrogen-bond acceptors (Lipinski definition) is 1. The molecule has 0 saturated heterocycles. The zero-order valence-corrected chi connectivity index (χ0v) is 12.7. The Morgan fingerprint density at radius 3 is 2.56 bits per heavy atom. The first-order chi connectivity index (χ1) is 8.50. The van der Waals surface area contributed by atoms with Gasteiger partial charge in [-0.3, -0.25) is 0 Å². The van der Waals surface area contributed by atoms with E-state index in [1.807, 2.05) is 6.07 Å². The molecule has 94 valence electrons. The van der Waals surface area contributed by atoms with Gasteiger partial charge in [0, 0.05) is 3.57 Å². The van der Waals surface area contributed by atoms with Crippen LogP contribution in [-0.4, -0.2) is 5.11 Å². The van der Waals surface area contributed by atoms with Crippen LogP contribution in [0.3, 0.4) is 0 Å². The van der Waals surface area contributed by atoms with Gasteiger partial charge in [-0.05, 0) is 68.3 Å². The van der Waals surface area contributed by atoms with Gasteiger partial charge >= 0.3 is 0 Å². The Labute approximate surface area is 125 Å². The summed E-state index contributed by atoms with van der Waals surface area (Å²) in [6.07, 6.45) is -1.32. The molecule has 0 aromatic heterocycles. The lowest BCUT2D eigenvalue weighted by molar-refractivity contribution is 0.208. The summed E-state index contributed by atoms with van der Waals surface area (Å²) in [5.74, 6) is -1.54. The molecule has 1 nitrogen and oxygen atoms in total. The quantitative estimate of drug-likeness (QED) is 0.559. The van der Waals surface area contributed by atoms with E-state index in [1.165, 1.54) is 6.07 Å². The first-order valence-corrected chi connectivity index (χ1v) is 6.95. The minimum atomic E-state index is -1.32. The highest BCUT2D eigenvalue weighted by Gasteiger charge is 2.21. The number of hydrogen-bond donors (Lipinski definition) is 1. The topological polar surface area (TPSA) is 20.2 Å². The first kappa shape index (κ1) is 13.9. The van der Waals surface area contributed by atoms with Crippen LogP contribution in [0.5, 0.6) is 0 Å². The molecule has 18 heavy (non-hydrogen) atoms. The molecule has 1 unspecified atom stereocenters. The minimum Gasteiger partial charge on any atom is -0.383 e. The average molecular weight is 425 g/mol. The molecule has 0 saturated carbocycles. The summed E-state index contributed by atoms with van der Waals surface area (Å²) in [6, 6.07) is 9.28. The van der Waals surface area contributed by atoms with E-state index in [2.05, 4.69) is 38.5 Å². The van der Waals surface area contributed by atoms with Crippen molar-refractivity contribution in [2.75, 3.05) is 0 Å². The van der Waals surface area contributed by atoms with Crippen molar-refractivity contribution in [1.82, 2.24) is 0 Å². The highest BCUT2D eigenvalue weighted by atomic mass is 127. The second-order valence-corrected chi connectivity index (χ2v) is 5.81. The van der Waals surface area contributed by atoms with Gasteiger partial charge in [0.05, 0.1) is 10.0 Å². The standard InChI is InChI=1S/C13H8BrF2IO/c14-9-4-5-10(15)11(12(9)16)13(18)7-2-1-3-8(17)6-7/h1-6,13,18H. The van der Waals surface area contributed by atoms with E-state index < -0.39 is 17.7 Å². The predicted molar refractivity (Wildman–Crippen MR) is 77.3 cm³/mol. The number of aliphatic hydroxyl groups excluding tert-OH is 1. The monoisotopic (exact) mass is 424 g/mol. The maximum absolute atomic E-state index is 13.9. The molecule has 5 heteroatoms. The van der Waals surface area contributed by atoms with E-state index in [4.69, 9.17) is 0 Å². The molecule has 0 amide bonds. The van der Waals surface area contributed by atoms with E-state index in [1.54, 1.807) is 18.2 Å². The summed E-state index contributed by atoms with van der Waals surface area (Å²) in [4.78, 5) is 0. The van der Waals surface area contributed by atoms with E-state index in [0.29, 0.717) is 5.56 Å². The largest absolute Gasteiger partial charge is 0.383 e. The summed E-state index contributed by atoms with van der Waals surface area (Å²) in [7, 11) is 0. The maximum Gasteiger partial charge on any atom is 0.146 e. The molecule has 0 bridgehead atoms. The number of rotatable bonds is 2. The summed E-state index contributed by atoms with van der Waals surface area (Å²) < 4.78 is 28.5. The third-order valence-corrected chi connectivity index (χ3v) is 3.80. The van der Waals surface area contributed by atoms with Crippen molar-refractivity contribution in [3.63, 3.8) is 0 Å². The van der Waals surface area contributed by atoms with Crippen molar-refractivity contribution < 1.29 is 13.9 Å². The van der Waals surface area contributed by atoms with Crippen LogP contribution in [0.2, 0.25) is 0 Å². The van der Waals surface area contributed by atoms with Crippen LogP contribution in [0.25, 0.3) is 0 Å². The van der Waals surface area contributed by atoms with Gasteiger partial charge in [-0.15, -0.1) is 0 Å². The van der Waals surface area contributed by atoms with Crippen LogP contribution in [0.15, 0.2) is 40.9 Å². The molecule has 0 aliphatic heterocycles. The summed E-state index contributed by atoms with van der Waals surface area (Å²) in [5, 5.41) is 10.1. The van der Waals surface area contributed by atoms with E-state index in [9.17, 15) is 13.9 Å². The third-order valence-electron chi connectivity index (χ3n) is 2.52. The second-order valence-electron chi connectivity index (χ2n) is 3.71. The Kier molecular flexibility index (Phi) is 4.34. The van der Waals surface area contributed by atoms with Crippen molar-refractivity contribution in [3.8, 4) is 0 Å². The Hall–Kier alpha value is -0.530. The van der Waals surface area contributed by atoms with Crippen molar-refractivity contribution in [2.24, 2.45) is 0 Å². The normalized spacial score (nSPS) is 12.5. The van der Waals surface area contributed by atoms with Crippen LogP contribution in [0.1, 0.15) is 17.2 Å². The minimum absolute atomic E-state index is 0.128. The summed E-state index contributed by atoms with van der Waals surface area (Å²) in [5.41, 5.74) is 0.115. The van der Waals surface area contributed by atoms with Crippen LogP contribution >= 0.6 is 38.5 Å². The van der Waals surface area contributed by atoms with Crippen LogP contribution in [0.4, 0.5) is 8.78 Å². The molecule has 0 heterocycles. The fraction of sp³-hybridized carbons (Fsp3) is 0.0769. The van der Waals surface area contributed by atoms with Crippen LogP contribution in [-0.2, 0) is 0 Å². The van der Waals surface area contributed by atoms with E-state index >= 15 is 0 Å². The van der Waals surface area contributed by atoms with Crippen molar-refractivity contribution in [1.29, 1.82) is 0 Å². The number of halogens is 4. The Morgan fingerprint density at radius 2 is 1.89 bits per heavy atom. The Morgan fingerprint density at radius 1 is 1.17 bits per heavy atom. The highest BCUT2D eigenvalue weighted by Crippen LogP contribution is 2.31. The van der Waals surface area contributed by atoms with Gasteiger partial charge in [-0.2, -0.15) is 0 Å². The molecule has 2 aromatic rings. The molecule has 0 radical (unpaired) electrons. The Bertz CT molecular complexity index is 589. The number of benzene rings is 2. The van der Waals surface area contributed by atoms with Crippen LogP contribution < -0.4 is 0 Å². The maximum atomic E-state index is 13.9. The van der Waals surface area contributed by atoms with Crippen molar-refractivity contribution in [2.45, 2.75) is 6.10 Å². The SMILES string of the molecule is OC(c1cccc(I)c1)c1c(F)ccc(Br)c1F. The summed E-state index contributed by atoms with van der Waals surface area (Å²) in [6.45, 7) is 0.